The molecule has 1 aromatic rings. The van der Waals surface area contributed by atoms with E-state index in [-0.39, 0.29) is 12.1 Å². The number of benzene rings is 1. The maximum absolute atomic E-state index is 12.1. The van der Waals surface area contributed by atoms with Gasteiger partial charge in [-0.15, -0.1) is 0 Å². The van der Waals surface area contributed by atoms with Gasteiger partial charge >= 0.3 is 6.03 Å². The molecule has 5 heteroatoms. The van der Waals surface area contributed by atoms with Crippen LogP contribution in [0.25, 0.3) is 0 Å². The smallest absolute Gasteiger partial charge is 0.321 e. The van der Waals surface area contributed by atoms with E-state index in [0.29, 0.717) is 30.1 Å². The normalized spacial score (nSPS) is 10.0. The van der Waals surface area contributed by atoms with E-state index in [1.54, 1.807) is 23.1 Å². The minimum Gasteiger partial charge on any atom is -0.489 e. The molecule has 1 rings (SSSR count). The molecule has 0 saturated heterocycles. The first-order chi connectivity index (χ1) is 9.51. The molecule has 0 heterocycles. The minimum atomic E-state index is -0.196. The number of amides is 2. The van der Waals surface area contributed by atoms with Crippen molar-refractivity contribution in [2.75, 3.05) is 18.4 Å². The number of ether oxygens (including phenoxy) is 1. The molecule has 0 bridgehead atoms. The summed E-state index contributed by atoms with van der Waals surface area (Å²) in [6.07, 6.45) is -0.00737. The van der Waals surface area contributed by atoms with Crippen molar-refractivity contribution in [3.63, 3.8) is 0 Å². The Morgan fingerprint density at radius 3 is 2.55 bits per heavy atom. The van der Waals surface area contributed by atoms with Crippen molar-refractivity contribution in [1.29, 1.82) is 5.26 Å². The molecule has 0 fully saturated rings. The molecule has 1 N–H and O–H groups in total. The molecule has 0 saturated carbocycles. The van der Waals surface area contributed by atoms with Crippen molar-refractivity contribution in [3.8, 4) is 11.8 Å². The second kappa shape index (κ2) is 7.39. The number of carbonyl (C=O) groups is 1. The summed E-state index contributed by atoms with van der Waals surface area (Å²) >= 11 is 0. The minimum absolute atomic E-state index is 0.00737. The lowest BCUT2D eigenvalue weighted by Gasteiger charge is -2.21. The topological polar surface area (TPSA) is 65.4 Å². The van der Waals surface area contributed by atoms with Gasteiger partial charge in [-0.05, 0) is 45.9 Å². The van der Waals surface area contributed by atoms with Crippen LogP contribution in [0, 0.1) is 11.3 Å². The Morgan fingerprint density at radius 1 is 1.40 bits per heavy atom. The number of nitrogens with zero attached hydrogens (tertiary/aromatic N) is 2. The summed E-state index contributed by atoms with van der Waals surface area (Å²) < 4.78 is 5.65. The Kier molecular flexibility index (Phi) is 5.85. The zero-order valence-corrected chi connectivity index (χ0v) is 12.4. The van der Waals surface area contributed by atoms with Gasteiger partial charge in [0.25, 0.3) is 0 Å². The second-order valence-corrected chi connectivity index (χ2v) is 4.59. The highest BCUT2D eigenvalue weighted by molar-refractivity contribution is 5.91. The third-order valence-electron chi connectivity index (χ3n) is 2.76. The highest BCUT2D eigenvalue weighted by atomic mass is 16.5. The summed E-state index contributed by atoms with van der Waals surface area (Å²) in [6.45, 7) is 8.91. The molecule has 0 atom stereocenters. The summed E-state index contributed by atoms with van der Waals surface area (Å²) in [7, 11) is 0. The van der Waals surface area contributed by atoms with Crippen LogP contribution in [0.1, 0.15) is 33.3 Å². The third-order valence-corrected chi connectivity index (χ3v) is 2.76. The number of carbonyl (C=O) groups excluding carboxylic acids is 1. The Balaban J connectivity index is 3.01. The SMILES string of the molecule is CCN(CC)C(=O)Nc1cc(C#N)ccc1OC(C)C. The zero-order valence-electron chi connectivity index (χ0n) is 12.4. The second-order valence-electron chi connectivity index (χ2n) is 4.59. The van der Waals surface area contributed by atoms with E-state index >= 15 is 0 Å². The standard InChI is InChI=1S/C15H21N3O2/c1-5-18(6-2)15(19)17-13-9-12(10-16)7-8-14(13)20-11(3)4/h7-9,11H,5-6H2,1-4H3,(H,17,19). The molecule has 0 aliphatic rings. The average Bonchev–Trinajstić information content (AvgIpc) is 2.41. The first-order valence-electron chi connectivity index (χ1n) is 6.78. The number of rotatable bonds is 5. The molecule has 0 aliphatic carbocycles. The van der Waals surface area contributed by atoms with Gasteiger partial charge < -0.3 is 15.0 Å². The Hall–Kier alpha value is -2.22. The third kappa shape index (κ3) is 4.16. The van der Waals surface area contributed by atoms with Gasteiger partial charge in [0.2, 0.25) is 0 Å². The van der Waals surface area contributed by atoms with Crippen LogP contribution in [-0.4, -0.2) is 30.1 Å². The summed E-state index contributed by atoms with van der Waals surface area (Å²) in [4.78, 5) is 13.8. The van der Waals surface area contributed by atoms with Gasteiger partial charge in [0, 0.05) is 13.1 Å². The first-order valence-corrected chi connectivity index (χ1v) is 6.78. The van der Waals surface area contributed by atoms with Crippen LogP contribution in [-0.2, 0) is 0 Å². The number of hydrogen-bond donors (Lipinski definition) is 1. The van der Waals surface area contributed by atoms with Gasteiger partial charge in [-0.2, -0.15) is 5.26 Å². The van der Waals surface area contributed by atoms with E-state index < -0.39 is 0 Å². The van der Waals surface area contributed by atoms with Crippen molar-refractivity contribution in [2.24, 2.45) is 0 Å². The Morgan fingerprint density at radius 2 is 2.05 bits per heavy atom. The van der Waals surface area contributed by atoms with Crippen molar-refractivity contribution in [1.82, 2.24) is 4.90 Å². The summed E-state index contributed by atoms with van der Waals surface area (Å²) in [5, 5.41) is 11.8. The van der Waals surface area contributed by atoms with Crippen molar-refractivity contribution >= 4 is 11.7 Å². The van der Waals surface area contributed by atoms with Crippen LogP contribution in [0.4, 0.5) is 10.5 Å². The monoisotopic (exact) mass is 275 g/mol. The van der Waals surface area contributed by atoms with Crippen LogP contribution in [0.5, 0.6) is 5.75 Å². The molecule has 5 nitrogen and oxygen atoms in total. The first kappa shape index (κ1) is 15.8. The molecule has 0 unspecified atom stereocenters. The maximum Gasteiger partial charge on any atom is 0.321 e. The van der Waals surface area contributed by atoms with Crippen molar-refractivity contribution < 1.29 is 9.53 Å². The highest BCUT2D eigenvalue weighted by Crippen LogP contribution is 2.27. The van der Waals surface area contributed by atoms with Crippen LogP contribution >= 0.6 is 0 Å². The van der Waals surface area contributed by atoms with Gasteiger partial charge in [0.15, 0.2) is 0 Å². The van der Waals surface area contributed by atoms with Crippen molar-refractivity contribution in [2.45, 2.75) is 33.8 Å². The molecule has 2 amide bonds. The van der Waals surface area contributed by atoms with E-state index in [2.05, 4.69) is 11.4 Å². The number of urea groups is 1. The van der Waals surface area contributed by atoms with E-state index in [4.69, 9.17) is 10.00 Å². The molecular formula is C15H21N3O2. The van der Waals surface area contributed by atoms with Crippen LogP contribution in [0.3, 0.4) is 0 Å². The average molecular weight is 275 g/mol. The number of hydrogen-bond acceptors (Lipinski definition) is 3. The summed E-state index contributed by atoms with van der Waals surface area (Å²) in [5.41, 5.74) is 1.01. The number of nitrogens with one attached hydrogen (secondary N) is 1. The molecule has 0 aromatic heterocycles. The predicted octanol–water partition coefficient (Wildman–Crippen LogP) is 3.22. The maximum atomic E-state index is 12.1. The Bertz CT molecular complexity index is 502. The fraction of sp³-hybridized carbons (Fsp3) is 0.467. The molecule has 1 aromatic carbocycles. The fourth-order valence-corrected chi connectivity index (χ4v) is 1.76. The van der Waals surface area contributed by atoms with Crippen LogP contribution in [0.15, 0.2) is 18.2 Å². The van der Waals surface area contributed by atoms with Gasteiger partial charge in [0.1, 0.15) is 5.75 Å². The molecule has 0 radical (unpaired) electrons. The number of nitriles is 1. The van der Waals surface area contributed by atoms with E-state index in [9.17, 15) is 4.79 Å². The lowest BCUT2D eigenvalue weighted by atomic mass is 10.2. The van der Waals surface area contributed by atoms with E-state index in [1.807, 2.05) is 27.7 Å². The highest BCUT2D eigenvalue weighted by Gasteiger charge is 2.14. The van der Waals surface area contributed by atoms with Crippen LogP contribution in [0.2, 0.25) is 0 Å². The van der Waals surface area contributed by atoms with E-state index in [0.717, 1.165) is 0 Å². The lowest BCUT2D eigenvalue weighted by Crippen LogP contribution is -2.34. The Labute approximate surface area is 120 Å². The molecule has 20 heavy (non-hydrogen) atoms. The summed E-state index contributed by atoms with van der Waals surface area (Å²) in [6, 6.07) is 6.86. The van der Waals surface area contributed by atoms with Gasteiger partial charge in [-0.25, -0.2) is 4.79 Å². The van der Waals surface area contributed by atoms with Crippen LogP contribution < -0.4 is 10.1 Å². The lowest BCUT2D eigenvalue weighted by molar-refractivity contribution is 0.216. The van der Waals surface area contributed by atoms with Crippen molar-refractivity contribution in [3.05, 3.63) is 23.8 Å². The predicted molar refractivity (Wildman–Crippen MR) is 78.9 cm³/mol. The van der Waals surface area contributed by atoms with E-state index in [1.165, 1.54) is 0 Å². The quantitative estimate of drug-likeness (QED) is 0.897. The molecule has 0 aliphatic heterocycles. The molecule has 108 valence electrons. The number of anilines is 1. The fourth-order valence-electron chi connectivity index (χ4n) is 1.76. The molecular weight excluding hydrogens is 254 g/mol. The van der Waals surface area contributed by atoms with Gasteiger partial charge in [-0.1, -0.05) is 0 Å². The summed E-state index contributed by atoms with van der Waals surface area (Å²) in [5.74, 6) is 0.569. The molecule has 0 spiro atoms. The largest absolute Gasteiger partial charge is 0.489 e. The van der Waals surface area contributed by atoms with Gasteiger partial charge in [0.05, 0.1) is 23.4 Å². The zero-order chi connectivity index (χ0) is 15.1. The van der Waals surface area contributed by atoms with Gasteiger partial charge in [-0.3, -0.25) is 0 Å².